The van der Waals surface area contributed by atoms with Gasteiger partial charge >= 0.3 is 0 Å². The van der Waals surface area contributed by atoms with Gasteiger partial charge in [-0.05, 0) is 57.6 Å². The van der Waals surface area contributed by atoms with E-state index >= 15 is 0 Å². The molecule has 0 spiro atoms. The molecule has 5 heteroatoms. The number of hydrogen-bond donors (Lipinski definition) is 1. The number of hydrogen-bond acceptors (Lipinski definition) is 4. The lowest BCUT2D eigenvalue weighted by atomic mass is 10.1. The molecule has 0 amide bonds. The molecule has 2 aromatic rings. The van der Waals surface area contributed by atoms with Gasteiger partial charge in [0.05, 0.1) is 5.52 Å². The number of aromatic nitrogens is 2. The van der Waals surface area contributed by atoms with Gasteiger partial charge in [0, 0.05) is 16.5 Å². The molecule has 1 aromatic heterocycles. The third kappa shape index (κ3) is 4.55. The highest BCUT2D eigenvalue weighted by molar-refractivity contribution is 6.31. The topological polar surface area (TPSA) is 41.0 Å². The van der Waals surface area contributed by atoms with Crippen molar-refractivity contribution in [2.75, 3.05) is 25.0 Å². The predicted octanol–water partition coefficient (Wildman–Crippen LogP) is 4.21. The van der Waals surface area contributed by atoms with Crippen LogP contribution in [0, 0.1) is 0 Å². The van der Waals surface area contributed by atoms with Crippen LogP contribution in [0.3, 0.4) is 0 Å². The first-order chi connectivity index (χ1) is 10.6. The molecule has 1 heterocycles. The van der Waals surface area contributed by atoms with E-state index in [1.165, 1.54) is 6.42 Å². The minimum Gasteiger partial charge on any atom is -0.367 e. The Hall–Kier alpha value is -1.39. The lowest BCUT2D eigenvalue weighted by molar-refractivity contribution is 0.295. The Kier molecular flexibility index (Phi) is 6.40. The molecule has 1 atom stereocenters. The highest BCUT2D eigenvalue weighted by Gasteiger charge is 2.08. The maximum Gasteiger partial charge on any atom is 0.137 e. The largest absolute Gasteiger partial charge is 0.367 e. The first kappa shape index (κ1) is 17.0. The Morgan fingerprint density at radius 3 is 2.73 bits per heavy atom. The number of halogens is 1. The van der Waals surface area contributed by atoms with Gasteiger partial charge in [-0.1, -0.05) is 25.4 Å². The smallest absolute Gasteiger partial charge is 0.137 e. The molecule has 0 saturated carbocycles. The highest BCUT2D eigenvalue weighted by Crippen LogP contribution is 2.23. The van der Waals surface area contributed by atoms with Crippen LogP contribution in [-0.4, -0.2) is 40.5 Å². The van der Waals surface area contributed by atoms with Crippen molar-refractivity contribution in [3.63, 3.8) is 0 Å². The fourth-order valence-electron chi connectivity index (χ4n) is 2.61. The van der Waals surface area contributed by atoms with E-state index in [0.29, 0.717) is 11.1 Å². The van der Waals surface area contributed by atoms with E-state index in [-0.39, 0.29) is 0 Å². The second-order valence-corrected chi connectivity index (χ2v) is 6.03. The van der Waals surface area contributed by atoms with Crippen molar-refractivity contribution >= 4 is 28.3 Å². The zero-order chi connectivity index (χ0) is 15.9. The zero-order valence-corrected chi connectivity index (χ0v) is 14.4. The normalized spacial score (nSPS) is 12.8. The Bertz CT molecular complexity index is 598. The minimum absolute atomic E-state index is 0.379. The quantitative estimate of drug-likeness (QED) is 0.791. The van der Waals surface area contributed by atoms with E-state index in [0.717, 1.165) is 42.8 Å². The summed E-state index contributed by atoms with van der Waals surface area (Å²) in [4.78, 5) is 11.1. The predicted molar refractivity (Wildman–Crippen MR) is 94.7 cm³/mol. The average molecular weight is 321 g/mol. The van der Waals surface area contributed by atoms with Gasteiger partial charge in [0.2, 0.25) is 0 Å². The van der Waals surface area contributed by atoms with Crippen molar-refractivity contribution in [1.29, 1.82) is 0 Å². The van der Waals surface area contributed by atoms with Gasteiger partial charge in [-0.2, -0.15) is 0 Å². The Balaban J connectivity index is 1.95. The molecule has 4 nitrogen and oxygen atoms in total. The Labute approximate surface area is 137 Å². The van der Waals surface area contributed by atoms with Crippen LogP contribution >= 0.6 is 11.6 Å². The molecule has 120 valence electrons. The van der Waals surface area contributed by atoms with Crippen LogP contribution in [0.5, 0.6) is 0 Å². The van der Waals surface area contributed by atoms with E-state index in [1.54, 1.807) is 6.33 Å². The number of benzene rings is 1. The first-order valence-electron chi connectivity index (χ1n) is 8.03. The lowest BCUT2D eigenvalue weighted by Crippen LogP contribution is -2.25. The van der Waals surface area contributed by atoms with Crippen LogP contribution in [0.2, 0.25) is 5.02 Å². The third-order valence-corrected chi connectivity index (χ3v) is 4.22. The number of nitrogens with zero attached hydrogens (tertiary/aromatic N) is 3. The lowest BCUT2D eigenvalue weighted by Gasteiger charge is -2.20. The SMILES string of the molecule is CCN(CC)CCCC(C)Nc1ncnc2cc(Cl)ccc12. The molecule has 0 radical (unpaired) electrons. The van der Waals surface area contributed by atoms with Crippen molar-refractivity contribution in [1.82, 2.24) is 14.9 Å². The van der Waals surface area contributed by atoms with Crippen molar-refractivity contribution in [2.45, 2.75) is 39.7 Å². The van der Waals surface area contributed by atoms with Gasteiger partial charge in [-0.25, -0.2) is 9.97 Å². The minimum atomic E-state index is 0.379. The molecule has 0 aliphatic rings. The van der Waals surface area contributed by atoms with Gasteiger partial charge in [0.15, 0.2) is 0 Å². The van der Waals surface area contributed by atoms with Gasteiger partial charge in [0.25, 0.3) is 0 Å². The Morgan fingerprint density at radius 1 is 1.23 bits per heavy atom. The summed E-state index contributed by atoms with van der Waals surface area (Å²) in [5, 5.41) is 5.22. The maximum absolute atomic E-state index is 6.02. The summed E-state index contributed by atoms with van der Waals surface area (Å²) in [6.45, 7) is 10.0. The van der Waals surface area contributed by atoms with Crippen LogP contribution in [0.15, 0.2) is 24.5 Å². The van der Waals surface area contributed by atoms with Gasteiger partial charge in [-0.3, -0.25) is 0 Å². The second-order valence-electron chi connectivity index (χ2n) is 5.60. The maximum atomic E-state index is 6.02. The molecule has 2 rings (SSSR count). The molecule has 1 N–H and O–H groups in total. The van der Waals surface area contributed by atoms with Crippen LogP contribution < -0.4 is 5.32 Å². The summed E-state index contributed by atoms with van der Waals surface area (Å²) >= 11 is 6.02. The molecular formula is C17H25ClN4. The molecule has 0 saturated heterocycles. The van der Waals surface area contributed by atoms with E-state index < -0.39 is 0 Å². The summed E-state index contributed by atoms with van der Waals surface area (Å²) in [5.74, 6) is 0.886. The van der Waals surface area contributed by atoms with Crippen LogP contribution in [0.4, 0.5) is 5.82 Å². The number of rotatable bonds is 8. The number of fused-ring (bicyclic) bond motifs is 1. The monoisotopic (exact) mass is 320 g/mol. The summed E-state index contributed by atoms with van der Waals surface area (Å²) < 4.78 is 0. The summed E-state index contributed by atoms with van der Waals surface area (Å²) in [5.41, 5.74) is 0.875. The van der Waals surface area contributed by atoms with Gasteiger partial charge in [0.1, 0.15) is 12.1 Å². The summed E-state index contributed by atoms with van der Waals surface area (Å²) in [6.07, 6.45) is 3.89. The fourth-order valence-corrected chi connectivity index (χ4v) is 2.78. The van der Waals surface area contributed by atoms with Crippen molar-refractivity contribution in [3.05, 3.63) is 29.5 Å². The highest BCUT2D eigenvalue weighted by atomic mass is 35.5. The molecule has 1 aromatic carbocycles. The summed E-state index contributed by atoms with van der Waals surface area (Å²) in [7, 11) is 0. The molecule has 0 fully saturated rings. The average Bonchev–Trinajstić information content (AvgIpc) is 2.51. The zero-order valence-electron chi connectivity index (χ0n) is 13.6. The summed E-state index contributed by atoms with van der Waals surface area (Å²) in [6, 6.07) is 6.10. The molecule has 0 bridgehead atoms. The van der Waals surface area contributed by atoms with Crippen molar-refractivity contribution in [2.24, 2.45) is 0 Å². The Morgan fingerprint density at radius 2 is 2.00 bits per heavy atom. The van der Waals surface area contributed by atoms with Crippen molar-refractivity contribution < 1.29 is 0 Å². The number of nitrogens with one attached hydrogen (secondary N) is 1. The van der Waals surface area contributed by atoms with Gasteiger partial charge in [-0.15, -0.1) is 0 Å². The van der Waals surface area contributed by atoms with E-state index in [4.69, 9.17) is 11.6 Å². The fraction of sp³-hybridized carbons (Fsp3) is 0.529. The van der Waals surface area contributed by atoms with Crippen molar-refractivity contribution in [3.8, 4) is 0 Å². The standard InChI is InChI=1S/C17H25ClN4/c1-4-22(5-2)10-6-7-13(3)21-17-15-9-8-14(18)11-16(15)19-12-20-17/h8-9,11-13H,4-7,10H2,1-3H3,(H,19,20,21). The molecule has 0 aliphatic heterocycles. The van der Waals surface area contributed by atoms with Crippen LogP contribution in [0.1, 0.15) is 33.6 Å². The second kappa shape index (κ2) is 8.30. The molecular weight excluding hydrogens is 296 g/mol. The first-order valence-corrected chi connectivity index (χ1v) is 8.41. The third-order valence-electron chi connectivity index (χ3n) is 3.99. The van der Waals surface area contributed by atoms with E-state index in [2.05, 4.69) is 41.0 Å². The molecule has 0 aliphatic carbocycles. The van der Waals surface area contributed by atoms with E-state index in [9.17, 15) is 0 Å². The molecule has 22 heavy (non-hydrogen) atoms. The molecule has 1 unspecified atom stereocenters. The van der Waals surface area contributed by atoms with Gasteiger partial charge < -0.3 is 10.2 Å². The van der Waals surface area contributed by atoms with E-state index in [1.807, 2.05) is 18.2 Å². The number of anilines is 1. The van der Waals surface area contributed by atoms with Crippen LogP contribution in [-0.2, 0) is 0 Å². The van der Waals surface area contributed by atoms with Crippen LogP contribution in [0.25, 0.3) is 10.9 Å².